The fourth-order valence-corrected chi connectivity index (χ4v) is 2.40. The Morgan fingerprint density at radius 1 is 1.47 bits per heavy atom. The second kappa shape index (κ2) is 3.73. The Labute approximate surface area is 98.8 Å². The number of fused-ring (bicyclic) bond motifs is 1. The first-order chi connectivity index (χ1) is 8.25. The predicted molar refractivity (Wildman–Crippen MR) is 64.8 cm³/mol. The van der Waals surface area contributed by atoms with Gasteiger partial charge in [-0.1, -0.05) is 24.3 Å². The molecule has 1 heterocycles. The highest BCUT2D eigenvalue weighted by Gasteiger charge is 2.28. The first-order valence-corrected chi connectivity index (χ1v) is 5.65. The van der Waals surface area contributed by atoms with Crippen molar-refractivity contribution in [3.05, 3.63) is 47.2 Å². The molecule has 0 fully saturated rings. The minimum atomic E-state index is 0.0655. The number of rotatable bonds is 3. The summed E-state index contributed by atoms with van der Waals surface area (Å²) in [7, 11) is 0. The maximum absolute atomic E-state index is 12.0. The number of aromatic nitrogens is 2. The highest BCUT2D eigenvalue weighted by molar-refractivity contribution is 6.00. The molecule has 1 atom stereocenters. The number of hydrogen-bond donors (Lipinski definition) is 2. The van der Waals surface area contributed by atoms with Crippen LogP contribution in [0.2, 0.25) is 0 Å². The van der Waals surface area contributed by atoms with Gasteiger partial charge < -0.3 is 5.73 Å². The summed E-state index contributed by atoms with van der Waals surface area (Å²) < 4.78 is 0. The Morgan fingerprint density at radius 2 is 2.29 bits per heavy atom. The minimum Gasteiger partial charge on any atom is -0.383 e. The third-order valence-corrected chi connectivity index (χ3v) is 3.36. The number of carbonyl (C=O) groups excluding carboxylic acids is 1. The summed E-state index contributed by atoms with van der Waals surface area (Å²) in [6, 6.07) is 8.25. The molecule has 4 nitrogen and oxygen atoms in total. The van der Waals surface area contributed by atoms with Crippen LogP contribution in [-0.4, -0.2) is 16.0 Å². The molecule has 1 aromatic heterocycles. The van der Waals surface area contributed by atoms with Gasteiger partial charge in [0.25, 0.3) is 0 Å². The van der Waals surface area contributed by atoms with E-state index in [0.29, 0.717) is 23.7 Å². The maximum atomic E-state index is 12.0. The zero-order chi connectivity index (χ0) is 11.8. The van der Waals surface area contributed by atoms with Gasteiger partial charge in [0, 0.05) is 6.42 Å². The highest BCUT2D eigenvalue weighted by Crippen LogP contribution is 2.38. The van der Waals surface area contributed by atoms with Crippen LogP contribution in [0, 0.1) is 0 Å². The maximum Gasteiger partial charge on any atom is 0.168 e. The van der Waals surface area contributed by atoms with E-state index in [1.165, 1.54) is 17.3 Å². The van der Waals surface area contributed by atoms with Crippen LogP contribution in [0.5, 0.6) is 0 Å². The van der Waals surface area contributed by atoms with Gasteiger partial charge in [0.1, 0.15) is 5.82 Å². The molecule has 86 valence electrons. The number of hydrogen-bond acceptors (Lipinski definition) is 3. The zero-order valence-corrected chi connectivity index (χ0v) is 9.31. The van der Waals surface area contributed by atoms with Crippen molar-refractivity contribution >= 4 is 11.6 Å². The summed E-state index contributed by atoms with van der Waals surface area (Å²) in [4.78, 5) is 12.0. The van der Waals surface area contributed by atoms with Crippen molar-refractivity contribution in [1.82, 2.24) is 10.2 Å². The molecule has 1 aliphatic rings. The molecule has 0 saturated heterocycles. The predicted octanol–water partition coefficient (Wildman–Crippen LogP) is 1.90. The van der Waals surface area contributed by atoms with E-state index in [9.17, 15) is 4.79 Å². The Morgan fingerprint density at radius 3 is 3.00 bits per heavy atom. The van der Waals surface area contributed by atoms with E-state index in [-0.39, 0.29) is 5.78 Å². The van der Waals surface area contributed by atoms with Crippen LogP contribution < -0.4 is 5.73 Å². The van der Waals surface area contributed by atoms with Crippen molar-refractivity contribution in [3.8, 4) is 0 Å². The second-order valence-electron chi connectivity index (χ2n) is 4.42. The molecule has 0 saturated carbocycles. The van der Waals surface area contributed by atoms with Gasteiger partial charge in [-0.2, -0.15) is 5.10 Å². The highest BCUT2D eigenvalue weighted by atomic mass is 16.1. The lowest BCUT2D eigenvalue weighted by molar-refractivity contribution is 0.0971. The van der Waals surface area contributed by atoms with E-state index >= 15 is 0 Å². The fraction of sp³-hybridized carbons (Fsp3) is 0.231. The Kier molecular flexibility index (Phi) is 2.21. The third-order valence-electron chi connectivity index (χ3n) is 3.36. The first kappa shape index (κ1) is 10.1. The molecule has 17 heavy (non-hydrogen) atoms. The van der Waals surface area contributed by atoms with Crippen molar-refractivity contribution < 1.29 is 4.79 Å². The fourth-order valence-electron chi connectivity index (χ4n) is 2.40. The Balaban J connectivity index is 1.75. The van der Waals surface area contributed by atoms with Crippen LogP contribution in [0.4, 0.5) is 5.82 Å². The molecule has 0 radical (unpaired) electrons. The van der Waals surface area contributed by atoms with Crippen molar-refractivity contribution in [2.24, 2.45) is 0 Å². The molecule has 3 N–H and O–H groups in total. The Hall–Kier alpha value is -2.10. The molecule has 4 heteroatoms. The quantitative estimate of drug-likeness (QED) is 0.787. The third kappa shape index (κ3) is 1.62. The van der Waals surface area contributed by atoms with Gasteiger partial charge in [0.05, 0.1) is 11.8 Å². The van der Waals surface area contributed by atoms with Crippen molar-refractivity contribution in [2.45, 2.75) is 18.8 Å². The number of H-pyrrole nitrogens is 1. The molecule has 3 rings (SSSR count). The summed E-state index contributed by atoms with van der Waals surface area (Å²) >= 11 is 0. The number of nitrogens with zero attached hydrogens (tertiary/aromatic N) is 1. The summed E-state index contributed by atoms with van der Waals surface area (Å²) in [5.41, 5.74) is 8.79. The number of aromatic amines is 1. The van der Waals surface area contributed by atoms with Gasteiger partial charge in [0.15, 0.2) is 5.78 Å². The topological polar surface area (TPSA) is 71.8 Å². The lowest BCUT2D eigenvalue weighted by atomic mass is 9.74. The summed E-state index contributed by atoms with van der Waals surface area (Å²) in [5, 5.41) is 6.35. The van der Waals surface area contributed by atoms with Crippen LogP contribution in [0.1, 0.15) is 33.8 Å². The number of anilines is 1. The van der Waals surface area contributed by atoms with Gasteiger partial charge in [-0.15, -0.1) is 0 Å². The number of nitrogen functional groups attached to an aromatic ring is 1. The van der Waals surface area contributed by atoms with E-state index in [1.807, 2.05) is 12.1 Å². The standard InChI is InChI=1S/C13H13N3O/c14-13-11(7-15-16-13)12(17)6-9-5-8-3-1-2-4-10(8)9/h1-4,7,9H,5-6H2,(H3,14,15,16). The number of Topliss-reactive ketones (excluding diaryl/α,β-unsaturated/α-hetero) is 1. The summed E-state index contributed by atoms with van der Waals surface area (Å²) in [6.45, 7) is 0. The molecular weight excluding hydrogens is 214 g/mol. The molecule has 0 spiro atoms. The normalized spacial score (nSPS) is 17.3. The van der Waals surface area contributed by atoms with Gasteiger partial charge in [-0.05, 0) is 23.5 Å². The van der Waals surface area contributed by atoms with E-state index in [4.69, 9.17) is 5.73 Å². The van der Waals surface area contributed by atoms with Crippen LogP contribution in [0.15, 0.2) is 30.5 Å². The lowest BCUT2D eigenvalue weighted by Crippen LogP contribution is -2.20. The molecule has 0 aliphatic heterocycles. The monoisotopic (exact) mass is 227 g/mol. The van der Waals surface area contributed by atoms with Gasteiger partial charge >= 0.3 is 0 Å². The van der Waals surface area contributed by atoms with Crippen LogP contribution >= 0.6 is 0 Å². The average molecular weight is 227 g/mol. The lowest BCUT2D eigenvalue weighted by Gasteiger charge is -2.29. The number of carbonyl (C=O) groups is 1. The second-order valence-corrected chi connectivity index (χ2v) is 4.42. The van der Waals surface area contributed by atoms with Gasteiger partial charge in [-0.3, -0.25) is 9.89 Å². The average Bonchev–Trinajstić information content (AvgIpc) is 2.72. The Bertz CT molecular complexity index is 574. The molecule has 1 unspecified atom stereocenters. The SMILES string of the molecule is Nc1[nH]ncc1C(=O)CC1Cc2ccccc21. The van der Waals surface area contributed by atoms with Crippen molar-refractivity contribution in [2.75, 3.05) is 5.73 Å². The van der Waals surface area contributed by atoms with E-state index in [0.717, 1.165) is 6.42 Å². The largest absolute Gasteiger partial charge is 0.383 e. The van der Waals surface area contributed by atoms with Crippen molar-refractivity contribution in [1.29, 1.82) is 0 Å². The van der Waals surface area contributed by atoms with Gasteiger partial charge in [0.2, 0.25) is 0 Å². The molecule has 1 aliphatic carbocycles. The smallest absolute Gasteiger partial charge is 0.168 e. The molecular formula is C13H13N3O. The van der Waals surface area contributed by atoms with E-state index in [2.05, 4.69) is 22.3 Å². The number of benzene rings is 1. The molecule has 1 aromatic carbocycles. The van der Waals surface area contributed by atoms with E-state index < -0.39 is 0 Å². The molecule has 2 aromatic rings. The summed E-state index contributed by atoms with van der Waals surface area (Å²) in [5.74, 6) is 0.770. The summed E-state index contributed by atoms with van der Waals surface area (Å²) in [6.07, 6.45) is 3.00. The molecule has 0 amide bonds. The number of ketones is 1. The number of nitrogens with two attached hydrogens (primary N) is 1. The first-order valence-electron chi connectivity index (χ1n) is 5.65. The van der Waals surface area contributed by atoms with Crippen molar-refractivity contribution in [3.63, 3.8) is 0 Å². The van der Waals surface area contributed by atoms with Gasteiger partial charge in [-0.25, -0.2) is 0 Å². The minimum absolute atomic E-state index is 0.0655. The number of nitrogens with one attached hydrogen (secondary N) is 1. The van der Waals surface area contributed by atoms with E-state index in [1.54, 1.807) is 0 Å². The van der Waals surface area contributed by atoms with Crippen LogP contribution in [-0.2, 0) is 6.42 Å². The van der Waals surface area contributed by atoms with Crippen LogP contribution in [0.3, 0.4) is 0 Å². The van der Waals surface area contributed by atoms with Crippen LogP contribution in [0.25, 0.3) is 0 Å². The molecule has 0 bridgehead atoms. The zero-order valence-electron chi connectivity index (χ0n) is 9.31.